The van der Waals surface area contributed by atoms with Crippen molar-refractivity contribution in [1.29, 1.82) is 0 Å². The molecular formula is C7H12O2. The molecule has 0 N–H and O–H groups in total. The van der Waals surface area contributed by atoms with Crippen molar-refractivity contribution in [3.63, 3.8) is 0 Å². The van der Waals surface area contributed by atoms with E-state index in [-0.39, 0.29) is 12.1 Å². The van der Waals surface area contributed by atoms with Crippen LogP contribution in [0.15, 0.2) is 0 Å². The van der Waals surface area contributed by atoms with Gasteiger partial charge in [0.05, 0.1) is 6.10 Å². The molecular weight excluding hydrogens is 116 g/mol. The molecule has 1 atom stereocenters. The first kappa shape index (κ1) is 8.47. The Bertz CT molecular complexity index is 86.9. The highest BCUT2D eigenvalue weighted by Gasteiger charge is 2.01. The molecule has 0 amide bonds. The minimum Gasteiger partial charge on any atom is -0.463 e. The zero-order chi connectivity index (χ0) is 7.28. The molecule has 0 aliphatic carbocycles. The molecule has 9 heavy (non-hydrogen) atoms. The SMILES string of the molecule is [CH2]C(C)OC(=O)C[CH]C. The lowest BCUT2D eigenvalue weighted by Gasteiger charge is -2.05. The van der Waals surface area contributed by atoms with Gasteiger partial charge in [-0.15, -0.1) is 0 Å². The molecule has 52 valence electrons. The zero-order valence-electron chi connectivity index (χ0n) is 5.89. The first-order valence-corrected chi connectivity index (χ1v) is 2.97. The van der Waals surface area contributed by atoms with Gasteiger partial charge in [-0.3, -0.25) is 4.79 Å². The Morgan fingerprint density at radius 1 is 1.89 bits per heavy atom. The van der Waals surface area contributed by atoms with E-state index >= 15 is 0 Å². The van der Waals surface area contributed by atoms with Gasteiger partial charge in [0.2, 0.25) is 0 Å². The third-order valence-electron chi connectivity index (χ3n) is 0.703. The van der Waals surface area contributed by atoms with Gasteiger partial charge in [-0.25, -0.2) is 0 Å². The monoisotopic (exact) mass is 128 g/mol. The fourth-order valence-corrected chi connectivity index (χ4v) is 0.439. The summed E-state index contributed by atoms with van der Waals surface area (Å²) in [6.07, 6.45) is 1.89. The van der Waals surface area contributed by atoms with Gasteiger partial charge >= 0.3 is 5.97 Å². The lowest BCUT2D eigenvalue weighted by Crippen LogP contribution is -2.10. The van der Waals surface area contributed by atoms with E-state index < -0.39 is 0 Å². The molecule has 0 spiro atoms. The molecule has 0 aromatic rings. The van der Waals surface area contributed by atoms with Gasteiger partial charge < -0.3 is 4.74 Å². The summed E-state index contributed by atoms with van der Waals surface area (Å²) in [5.41, 5.74) is 0. The smallest absolute Gasteiger partial charge is 0.306 e. The summed E-state index contributed by atoms with van der Waals surface area (Å²) < 4.78 is 4.71. The molecule has 0 aromatic heterocycles. The molecule has 0 bridgehead atoms. The maximum Gasteiger partial charge on any atom is 0.306 e. The zero-order valence-corrected chi connectivity index (χ0v) is 5.89. The Kier molecular flexibility index (Phi) is 4.10. The minimum atomic E-state index is -0.238. The summed E-state index contributed by atoms with van der Waals surface area (Å²) >= 11 is 0. The molecule has 0 aliphatic rings. The van der Waals surface area contributed by atoms with Crippen LogP contribution in [0.25, 0.3) is 0 Å². The second kappa shape index (κ2) is 4.36. The van der Waals surface area contributed by atoms with Crippen LogP contribution in [0.5, 0.6) is 0 Å². The maximum atomic E-state index is 10.6. The Morgan fingerprint density at radius 3 is 2.78 bits per heavy atom. The van der Waals surface area contributed by atoms with Crippen molar-refractivity contribution in [2.45, 2.75) is 26.4 Å². The average Bonchev–Trinajstić information content (AvgIpc) is 1.63. The van der Waals surface area contributed by atoms with Crippen LogP contribution < -0.4 is 0 Å². The van der Waals surface area contributed by atoms with Crippen molar-refractivity contribution < 1.29 is 9.53 Å². The fourth-order valence-electron chi connectivity index (χ4n) is 0.439. The first-order valence-electron chi connectivity index (χ1n) is 2.97. The third-order valence-corrected chi connectivity index (χ3v) is 0.703. The summed E-state index contributed by atoms with van der Waals surface area (Å²) in [6, 6.07) is 0. The van der Waals surface area contributed by atoms with E-state index in [1.165, 1.54) is 0 Å². The van der Waals surface area contributed by atoms with E-state index in [0.717, 1.165) is 0 Å². The molecule has 0 aliphatic heterocycles. The fraction of sp³-hybridized carbons (Fsp3) is 0.571. The van der Waals surface area contributed by atoms with Crippen LogP contribution >= 0.6 is 0 Å². The van der Waals surface area contributed by atoms with Crippen LogP contribution in [0.4, 0.5) is 0 Å². The van der Waals surface area contributed by atoms with Gasteiger partial charge in [-0.05, 0) is 20.3 Å². The van der Waals surface area contributed by atoms with Gasteiger partial charge in [0, 0.05) is 6.42 Å². The lowest BCUT2D eigenvalue weighted by atomic mass is 10.3. The van der Waals surface area contributed by atoms with Crippen LogP contribution in [0.3, 0.4) is 0 Å². The van der Waals surface area contributed by atoms with E-state index in [4.69, 9.17) is 4.74 Å². The highest BCUT2D eigenvalue weighted by molar-refractivity contribution is 5.70. The number of rotatable bonds is 3. The lowest BCUT2D eigenvalue weighted by molar-refractivity contribution is -0.145. The van der Waals surface area contributed by atoms with Crippen molar-refractivity contribution >= 4 is 5.97 Å². The van der Waals surface area contributed by atoms with Crippen molar-refractivity contribution in [1.82, 2.24) is 0 Å². The number of carbonyl (C=O) groups is 1. The number of ether oxygens (including phenoxy) is 1. The molecule has 0 saturated heterocycles. The van der Waals surface area contributed by atoms with E-state index in [0.29, 0.717) is 6.42 Å². The first-order chi connectivity index (χ1) is 4.16. The Labute approximate surface area is 56.2 Å². The van der Waals surface area contributed by atoms with Gasteiger partial charge in [0.1, 0.15) is 0 Å². The summed E-state index contributed by atoms with van der Waals surface area (Å²) in [7, 11) is 0. The van der Waals surface area contributed by atoms with Crippen LogP contribution in [0.1, 0.15) is 20.3 Å². The second-order valence-corrected chi connectivity index (χ2v) is 1.91. The van der Waals surface area contributed by atoms with Gasteiger partial charge in [-0.1, -0.05) is 6.92 Å². The Morgan fingerprint density at radius 2 is 2.44 bits per heavy atom. The number of hydrogen-bond acceptors (Lipinski definition) is 2. The van der Waals surface area contributed by atoms with Crippen molar-refractivity contribution in [3.8, 4) is 0 Å². The molecule has 1 unspecified atom stereocenters. The van der Waals surface area contributed by atoms with E-state index in [1.54, 1.807) is 13.3 Å². The molecule has 2 heteroatoms. The number of carbonyl (C=O) groups excluding carboxylic acids is 1. The predicted octanol–water partition coefficient (Wildman–Crippen LogP) is 1.37. The largest absolute Gasteiger partial charge is 0.463 e. The van der Waals surface area contributed by atoms with E-state index in [1.807, 2.05) is 6.92 Å². The molecule has 0 fully saturated rings. The Hall–Kier alpha value is -0.530. The summed E-state index contributed by atoms with van der Waals surface area (Å²) in [4.78, 5) is 10.6. The molecule has 2 radical (unpaired) electrons. The Balaban J connectivity index is 3.27. The quantitative estimate of drug-likeness (QED) is 0.536. The van der Waals surface area contributed by atoms with Gasteiger partial charge in [0.15, 0.2) is 0 Å². The van der Waals surface area contributed by atoms with Crippen LogP contribution in [0, 0.1) is 13.3 Å². The van der Waals surface area contributed by atoms with Crippen LogP contribution in [0.2, 0.25) is 0 Å². The van der Waals surface area contributed by atoms with Crippen molar-refractivity contribution in [2.75, 3.05) is 0 Å². The van der Waals surface area contributed by atoms with Crippen LogP contribution in [-0.4, -0.2) is 12.1 Å². The third kappa shape index (κ3) is 5.34. The number of esters is 1. The second-order valence-electron chi connectivity index (χ2n) is 1.91. The summed E-state index contributed by atoms with van der Waals surface area (Å²) in [5, 5.41) is 0. The molecule has 0 heterocycles. The predicted molar refractivity (Wildman–Crippen MR) is 35.5 cm³/mol. The summed E-state index contributed by atoms with van der Waals surface area (Å²) in [6.45, 7) is 7.05. The standard InChI is InChI=1S/C7H12O2/c1-4-5-7(8)9-6(2)3/h4,6H,2,5H2,1,3H3. The number of hydrogen-bond donors (Lipinski definition) is 0. The topological polar surface area (TPSA) is 26.3 Å². The van der Waals surface area contributed by atoms with Gasteiger partial charge in [0.25, 0.3) is 0 Å². The highest BCUT2D eigenvalue weighted by atomic mass is 16.5. The minimum absolute atomic E-state index is 0.208. The molecule has 2 nitrogen and oxygen atoms in total. The molecule has 0 aromatic carbocycles. The van der Waals surface area contributed by atoms with Crippen molar-refractivity contribution in [2.24, 2.45) is 0 Å². The van der Waals surface area contributed by atoms with Crippen molar-refractivity contribution in [3.05, 3.63) is 13.3 Å². The average molecular weight is 128 g/mol. The molecule has 0 saturated carbocycles. The summed E-state index contributed by atoms with van der Waals surface area (Å²) in [5.74, 6) is -0.208. The highest BCUT2D eigenvalue weighted by Crippen LogP contribution is 1.93. The van der Waals surface area contributed by atoms with E-state index in [9.17, 15) is 4.79 Å². The maximum absolute atomic E-state index is 10.6. The van der Waals surface area contributed by atoms with E-state index in [2.05, 4.69) is 6.92 Å². The molecule has 0 rings (SSSR count). The van der Waals surface area contributed by atoms with Crippen LogP contribution in [-0.2, 0) is 9.53 Å². The normalized spacial score (nSPS) is 9.78. The van der Waals surface area contributed by atoms with Gasteiger partial charge in [-0.2, -0.15) is 0 Å².